The number of guanidine groups is 1. The summed E-state index contributed by atoms with van der Waals surface area (Å²) in [6.45, 7) is 11.2. The number of fused-ring (bicyclic) bond motifs is 2. The van der Waals surface area contributed by atoms with Gasteiger partial charge in [-0.3, -0.25) is 9.89 Å². The van der Waals surface area contributed by atoms with Gasteiger partial charge in [-0.05, 0) is 51.9 Å². The van der Waals surface area contributed by atoms with Gasteiger partial charge in [-0.2, -0.15) is 0 Å². The van der Waals surface area contributed by atoms with Crippen LogP contribution in [0.15, 0.2) is 4.99 Å². The van der Waals surface area contributed by atoms with Gasteiger partial charge in [0.25, 0.3) is 0 Å². The van der Waals surface area contributed by atoms with E-state index in [0.717, 1.165) is 56.6 Å². The van der Waals surface area contributed by atoms with Crippen molar-refractivity contribution < 1.29 is 8.42 Å². The molecule has 7 nitrogen and oxygen atoms in total. The largest absolute Gasteiger partial charge is 0.357 e. The van der Waals surface area contributed by atoms with Crippen LogP contribution in [0.1, 0.15) is 46.5 Å². The van der Waals surface area contributed by atoms with Gasteiger partial charge in [-0.25, -0.2) is 13.1 Å². The zero-order chi connectivity index (χ0) is 19.7. The van der Waals surface area contributed by atoms with E-state index in [-0.39, 0.29) is 24.0 Å². The van der Waals surface area contributed by atoms with Crippen LogP contribution in [0.25, 0.3) is 0 Å². The molecule has 1 aliphatic heterocycles. The summed E-state index contributed by atoms with van der Waals surface area (Å²) < 4.78 is 25.8. The molecule has 3 atom stereocenters. The number of piperazine rings is 1. The van der Waals surface area contributed by atoms with E-state index in [2.05, 4.69) is 26.8 Å². The SMILES string of the molecule is CCNC(=NCC(C)(C)NS(C)(=O)=O)N1CCN(C2CC3CCC2C3)CC1.I. The van der Waals surface area contributed by atoms with Gasteiger partial charge in [0, 0.05) is 44.3 Å². The minimum absolute atomic E-state index is 0. The quantitative estimate of drug-likeness (QED) is 0.313. The molecule has 1 saturated heterocycles. The number of aliphatic imine (C=N–C) groups is 1. The summed E-state index contributed by atoms with van der Waals surface area (Å²) in [6, 6.07) is 0.809. The molecule has 2 bridgehead atoms. The van der Waals surface area contributed by atoms with Crippen LogP contribution in [0.2, 0.25) is 0 Å². The fourth-order valence-electron chi connectivity index (χ4n) is 5.16. The number of hydrogen-bond donors (Lipinski definition) is 2. The topological polar surface area (TPSA) is 77.0 Å². The highest BCUT2D eigenvalue weighted by atomic mass is 127. The molecular weight excluding hydrogens is 489 g/mol. The zero-order valence-electron chi connectivity index (χ0n) is 17.8. The Morgan fingerprint density at radius 2 is 1.82 bits per heavy atom. The van der Waals surface area contributed by atoms with E-state index in [4.69, 9.17) is 4.99 Å². The fraction of sp³-hybridized carbons (Fsp3) is 0.947. The minimum atomic E-state index is -3.25. The maximum atomic E-state index is 11.5. The molecule has 9 heteroatoms. The van der Waals surface area contributed by atoms with Crippen LogP contribution in [0.3, 0.4) is 0 Å². The molecule has 0 aromatic rings. The highest BCUT2D eigenvalue weighted by Crippen LogP contribution is 2.46. The highest BCUT2D eigenvalue weighted by Gasteiger charge is 2.42. The Morgan fingerprint density at radius 1 is 1.14 bits per heavy atom. The maximum absolute atomic E-state index is 11.5. The van der Waals surface area contributed by atoms with Crippen LogP contribution in [0.4, 0.5) is 0 Å². The van der Waals surface area contributed by atoms with Crippen molar-refractivity contribution in [3.63, 3.8) is 0 Å². The molecule has 0 aromatic carbocycles. The van der Waals surface area contributed by atoms with E-state index in [0.29, 0.717) is 6.54 Å². The lowest BCUT2D eigenvalue weighted by Gasteiger charge is -2.42. The first kappa shape index (κ1) is 24.1. The first-order valence-corrected chi connectivity index (χ1v) is 12.3. The molecule has 2 N–H and O–H groups in total. The van der Waals surface area contributed by atoms with Gasteiger partial charge in [-0.15, -0.1) is 24.0 Å². The minimum Gasteiger partial charge on any atom is -0.357 e. The first-order valence-electron chi connectivity index (χ1n) is 10.4. The highest BCUT2D eigenvalue weighted by molar-refractivity contribution is 14.0. The Balaban J connectivity index is 0.00000280. The third kappa shape index (κ3) is 6.43. The van der Waals surface area contributed by atoms with Gasteiger partial charge in [0.05, 0.1) is 12.8 Å². The molecule has 3 rings (SSSR count). The summed E-state index contributed by atoms with van der Waals surface area (Å²) in [5.74, 6) is 2.82. The number of halogens is 1. The fourth-order valence-corrected chi connectivity index (χ4v) is 6.22. The molecule has 0 spiro atoms. The smallest absolute Gasteiger partial charge is 0.209 e. The molecule has 0 amide bonds. The van der Waals surface area contributed by atoms with Crippen molar-refractivity contribution in [2.45, 2.75) is 58.0 Å². The van der Waals surface area contributed by atoms with Crippen LogP contribution < -0.4 is 10.0 Å². The third-order valence-electron chi connectivity index (χ3n) is 6.20. The first-order chi connectivity index (χ1) is 12.7. The van der Waals surface area contributed by atoms with Crippen LogP contribution in [0.5, 0.6) is 0 Å². The lowest BCUT2D eigenvalue weighted by molar-refractivity contribution is 0.0958. The lowest BCUT2D eigenvalue weighted by atomic mass is 9.93. The van der Waals surface area contributed by atoms with Gasteiger partial charge in [0.1, 0.15) is 0 Å². The summed E-state index contributed by atoms with van der Waals surface area (Å²) in [7, 11) is -3.25. The van der Waals surface area contributed by atoms with Crippen LogP contribution in [0, 0.1) is 11.8 Å². The average molecular weight is 528 g/mol. The normalized spacial score (nSPS) is 29.1. The van der Waals surface area contributed by atoms with E-state index in [9.17, 15) is 8.42 Å². The molecule has 28 heavy (non-hydrogen) atoms. The van der Waals surface area contributed by atoms with Crippen molar-refractivity contribution in [1.29, 1.82) is 0 Å². The van der Waals surface area contributed by atoms with Crippen molar-refractivity contribution in [2.75, 3.05) is 45.5 Å². The Hall–Kier alpha value is -0.130. The van der Waals surface area contributed by atoms with E-state index in [1.807, 2.05) is 13.8 Å². The average Bonchev–Trinajstić information content (AvgIpc) is 3.20. The van der Waals surface area contributed by atoms with Crippen LogP contribution in [-0.4, -0.2) is 81.3 Å². The van der Waals surface area contributed by atoms with Gasteiger partial charge >= 0.3 is 0 Å². The third-order valence-corrected chi connectivity index (χ3v) is 7.13. The molecule has 0 aromatic heterocycles. The maximum Gasteiger partial charge on any atom is 0.209 e. The summed E-state index contributed by atoms with van der Waals surface area (Å²) in [6.07, 6.45) is 6.94. The molecule has 3 fully saturated rings. The second-order valence-electron chi connectivity index (χ2n) is 9.19. The summed E-state index contributed by atoms with van der Waals surface area (Å²) in [5.41, 5.74) is -0.598. The summed E-state index contributed by atoms with van der Waals surface area (Å²) in [5, 5.41) is 3.38. The van der Waals surface area contributed by atoms with Crippen LogP contribution in [-0.2, 0) is 10.0 Å². The Morgan fingerprint density at radius 3 is 2.32 bits per heavy atom. The molecule has 3 unspecified atom stereocenters. The number of sulfonamides is 1. The van der Waals surface area contributed by atoms with Crippen molar-refractivity contribution in [1.82, 2.24) is 19.8 Å². The number of nitrogens with one attached hydrogen (secondary N) is 2. The summed E-state index contributed by atoms with van der Waals surface area (Å²) >= 11 is 0. The van der Waals surface area contributed by atoms with Gasteiger partial charge in [-0.1, -0.05) is 6.42 Å². The standard InChI is InChI=1S/C19H37N5O2S.HI/c1-5-20-18(21-14-19(2,3)22-27(4,25)26)24-10-8-23(9-11-24)17-13-15-6-7-16(17)12-15;/h15-17,22H,5-14H2,1-4H3,(H,20,21);1H. The van der Waals surface area contributed by atoms with Crippen molar-refractivity contribution >= 4 is 40.0 Å². The molecule has 3 aliphatic rings. The zero-order valence-corrected chi connectivity index (χ0v) is 20.9. The van der Waals surface area contributed by atoms with E-state index in [1.165, 1.54) is 31.9 Å². The predicted molar refractivity (Wildman–Crippen MR) is 126 cm³/mol. The van der Waals surface area contributed by atoms with E-state index in [1.54, 1.807) is 0 Å². The van der Waals surface area contributed by atoms with Crippen molar-refractivity contribution in [2.24, 2.45) is 16.8 Å². The molecular formula is C19H38IN5O2S. The molecule has 2 saturated carbocycles. The second-order valence-corrected chi connectivity index (χ2v) is 10.9. The van der Waals surface area contributed by atoms with Crippen LogP contribution >= 0.6 is 24.0 Å². The number of rotatable bonds is 6. The van der Waals surface area contributed by atoms with E-state index >= 15 is 0 Å². The van der Waals surface area contributed by atoms with Crippen molar-refractivity contribution in [3.8, 4) is 0 Å². The second kappa shape index (κ2) is 9.78. The number of hydrogen-bond acceptors (Lipinski definition) is 4. The van der Waals surface area contributed by atoms with Crippen molar-refractivity contribution in [3.05, 3.63) is 0 Å². The van der Waals surface area contributed by atoms with Gasteiger partial charge in [0.15, 0.2) is 5.96 Å². The van der Waals surface area contributed by atoms with E-state index < -0.39 is 15.6 Å². The Bertz CT molecular complexity index is 647. The monoisotopic (exact) mass is 527 g/mol. The molecule has 0 radical (unpaired) electrons. The van der Waals surface area contributed by atoms with Gasteiger partial charge in [0.2, 0.25) is 10.0 Å². The van der Waals surface area contributed by atoms with Gasteiger partial charge < -0.3 is 10.2 Å². The number of nitrogens with zero attached hydrogens (tertiary/aromatic N) is 3. The predicted octanol–water partition coefficient (Wildman–Crippen LogP) is 1.70. The lowest BCUT2D eigenvalue weighted by Crippen LogP contribution is -2.56. The molecule has 1 heterocycles. The Kier molecular flexibility index (Phi) is 8.44. The summed E-state index contributed by atoms with van der Waals surface area (Å²) in [4.78, 5) is 9.77. The molecule has 164 valence electrons. The molecule has 2 aliphatic carbocycles. The Labute approximate surface area is 188 Å².